The molecule has 0 heterocycles. The second kappa shape index (κ2) is 9.38. The molecule has 0 aliphatic heterocycles. The quantitative estimate of drug-likeness (QED) is 0.522. The van der Waals surface area contributed by atoms with E-state index in [9.17, 15) is 4.39 Å². The topological polar surface area (TPSA) is 18.5 Å². The van der Waals surface area contributed by atoms with Gasteiger partial charge in [-0.1, -0.05) is 58.5 Å². The van der Waals surface area contributed by atoms with Gasteiger partial charge in [0.05, 0.1) is 16.7 Å². The summed E-state index contributed by atoms with van der Waals surface area (Å²) in [5, 5.41) is 0.662. The monoisotopic (exact) mass is 408 g/mol. The molecule has 2 aromatic carbocycles. The van der Waals surface area contributed by atoms with Gasteiger partial charge in [-0.3, -0.25) is 0 Å². The van der Waals surface area contributed by atoms with Crippen molar-refractivity contribution in [1.82, 2.24) is 0 Å². The third-order valence-electron chi connectivity index (χ3n) is 3.01. The Morgan fingerprint density at radius 1 is 1.00 bits per heavy atom. The number of ether oxygens (including phenoxy) is 2. The van der Waals surface area contributed by atoms with Crippen LogP contribution in [-0.2, 0) is 6.42 Å². The predicted molar refractivity (Wildman–Crippen MR) is 97.3 cm³/mol. The molecule has 0 atom stereocenters. The van der Waals surface area contributed by atoms with Gasteiger partial charge in [0.2, 0.25) is 0 Å². The van der Waals surface area contributed by atoms with Crippen LogP contribution in [0.3, 0.4) is 0 Å². The third-order valence-corrected chi connectivity index (χ3v) is 3.88. The first-order chi connectivity index (χ1) is 11.5. The highest BCUT2D eigenvalue weighted by Crippen LogP contribution is 2.37. The molecular weight excluding hydrogens is 397 g/mol. The highest BCUT2D eigenvalue weighted by Gasteiger charge is 2.10. The summed E-state index contributed by atoms with van der Waals surface area (Å²) in [4.78, 5) is 0. The highest BCUT2D eigenvalue weighted by atomic mass is 35.5. The van der Waals surface area contributed by atoms with Crippen molar-refractivity contribution in [2.24, 2.45) is 0 Å². The van der Waals surface area contributed by atoms with Crippen LogP contribution >= 0.6 is 46.4 Å². The fourth-order valence-electron chi connectivity index (χ4n) is 1.88. The number of hydrogen-bond donors (Lipinski definition) is 0. The fraction of sp³-hybridized carbons (Fsp3) is 0.176. The van der Waals surface area contributed by atoms with E-state index in [1.165, 1.54) is 18.2 Å². The molecule has 2 nitrogen and oxygen atoms in total. The highest BCUT2D eigenvalue weighted by molar-refractivity contribution is 6.55. The number of hydrogen-bond acceptors (Lipinski definition) is 2. The van der Waals surface area contributed by atoms with Crippen molar-refractivity contribution in [3.05, 3.63) is 68.4 Å². The van der Waals surface area contributed by atoms with E-state index in [2.05, 4.69) is 0 Å². The zero-order valence-electron chi connectivity index (χ0n) is 12.4. The van der Waals surface area contributed by atoms with E-state index in [1.807, 2.05) is 0 Å². The van der Waals surface area contributed by atoms with Crippen LogP contribution in [0.1, 0.15) is 5.56 Å². The molecule has 0 aliphatic rings. The molecule has 0 N–H and O–H groups in total. The maximum atomic E-state index is 12.9. The molecule has 24 heavy (non-hydrogen) atoms. The van der Waals surface area contributed by atoms with E-state index in [-0.39, 0.29) is 16.9 Å². The van der Waals surface area contributed by atoms with Crippen molar-refractivity contribution >= 4 is 46.4 Å². The average molecular weight is 410 g/mol. The lowest BCUT2D eigenvalue weighted by Gasteiger charge is -2.12. The van der Waals surface area contributed by atoms with Crippen LogP contribution in [-0.4, -0.2) is 13.2 Å². The van der Waals surface area contributed by atoms with Gasteiger partial charge < -0.3 is 9.47 Å². The van der Waals surface area contributed by atoms with Crippen molar-refractivity contribution < 1.29 is 13.9 Å². The van der Waals surface area contributed by atoms with Gasteiger partial charge in [-0.05, 0) is 23.8 Å². The minimum absolute atomic E-state index is 0.118. The first-order valence-corrected chi connectivity index (χ1v) is 8.47. The largest absolute Gasteiger partial charge is 0.490 e. The second-order valence-corrected chi connectivity index (χ2v) is 6.57. The van der Waals surface area contributed by atoms with Gasteiger partial charge in [0.15, 0.2) is 5.75 Å². The van der Waals surface area contributed by atoms with Crippen molar-refractivity contribution in [3.63, 3.8) is 0 Å². The number of rotatable bonds is 7. The van der Waals surface area contributed by atoms with Gasteiger partial charge in [-0.15, -0.1) is 0 Å². The van der Waals surface area contributed by atoms with Crippen molar-refractivity contribution in [2.75, 3.05) is 13.2 Å². The fourth-order valence-corrected chi connectivity index (χ4v) is 2.58. The minimum atomic E-state index is -0.272. The molecule has 0 aliphatic carbocycles. The molecule has 0 aromatic heterocycles. The number of halogens is 5. The molecular formula is C17H13Cl4FO2. The number of benzene rings is 2. The summed E-state index contributed by atoms with van der Waals surface area (Å²) in [7, 11) is 0. The summed E-state index contributed by atoms with van der Waals surface area (Å²) in [5.41, 5.74) is 0.952. The van der Waals surface area contributed by atoms with E-state index in [0.29, 0.717) is 34.6 Å². The van der Waals surface area contributed by atoms with Crippen LogP contribution in [0.25, 0.3) is 0 Å². The van der Waals surface area contributed by atoms with E-state index in [1.54, 1.807) is 24.3 Å². The van der Waals surface area contributed by atoms with Gasteiger partial charge in [-0.25, -0.2) is 4.39 Å². The molecule has 0 unspecified atom stereocenters. The molecule has 128 valence electrons. The Morgan fingerprint density at radius 2 is 1.62 bits per heavy atom. The van der Waals surface area contributed by atoms with Crippen molar-refractivity contribution in [1.29, 1.82) is 0 Å². The van der Waals surface area contributed by atoms with E-state index >= 15 is 0 Å². The molecule has 0 bridgehead atoms. The van der Waals surface area contributed by atoms with Crippen LogP contribution in [0.4, 0.5) is 4.39 Å². The van der Waals surface area contributed by atoms with Gasteiger partial charge in [0.25, 0.3) is 0 Å². The maximum Gasteiger partial charge on any atom is 0.156 e. The van der Waals surface area contributed by atoms with Gasteiger partial charge >= 0.3 is 0 Å². The lowest BCUT2D eigenvalue weighted by molar-refractivity contribution is 0.320. The molecule has 2 aromatic rings. The first kappa shape index (κ1) is 19.2. The molecule has 2 rings (SSSR count). The van der Waals surface area contributed by atoms with Gasteiger partial charge in [0.1, 0.15) is 22.7 Å². The Balaban J connectivity index is 1.95. The van der Waals surface area contributed by atoms with Crippen LogP contribution in [0.5, 0.6) is 11.5 Å². The summed E-state index contributed by atoms with van der Waals surface area (Å²) < 4.78 is 24.0. The van der Waals surface area contributed by atoms with Gasteiger partial charge in [-0.2, -0.15) is 0 Å². The minimum Gasteiger partial charge on any atom is -0.490 e. The van der Waals surface area contributed by atoms with Crippen LogP contribution < -0.4 is 9.47 Å². The average Bonchev–Trinajstić information content (AvgIpc) is 2.51. The van der Waals surface area contributed by atoms with E-state index in [4.69, 9.17) is 55.9 Å². The summed E-state index contributed by atoms with van der Waals surface area (Å²) in [6.07, 6.45) is 2.10. The standard InChI is InChI=1S/C17H13Cl4FO2/c18-14-9-13(23-8-6-16(20)21)10-15(19)17(14)24-7-5-11-1-3-12(22)4-2-11/h1-4,6,9-10H,5,7-8H2. The Kier molecular flexibility index (Phi) is 7.50. The molecule has 0 spiro atoms. The summed E-state index contributed by atoms with van der Waals surface area (Å²) in [6.45, 7) is 0.551. The van der Waals surface area contributed by atoms with Crippen LogP contribution in [0.15, 0.2) is 47.0 Å². The summed E-state index contributed by atoms with van der Waals surface area (Å²) >= 11 is 23.3. The second-order valence-electron chi connectivity index (χ2n) is 4.75. The SMILES string of the molecule is Fc1ccc(CCOc2c(Cl)cc(OCC=C(Cl)Cl)cc2Cl)cc1. The normalized spacial score (nSPS) is 10.4. The molecule has 0 fully saturated rings. The van der Waals surface area contributed by atoms with Crippen LogP contribution in [0, 0.1) is 5.82 Å². The summed E-state index contributed by atoms with van der Waals surface area (Å²) in [5.74, 6) is 0.576. The van der Waals surface area contributed by atoms with E-state index < -0.39 is 0 Å². The molecule has 0 saturated carbocycles. The third kappa shape index (κ3) is 6.06. The first-order valence-electron chi connectivity index (χ1n) is 6.96. The van der Waals surface area contributed by atoms with Crippen molar-refractivity contribution in [2.45, 2.75) is 6.42 Å². The van der Waals surface area contributed by atoms with Crippen molar-refractivity contribution in [3.8, 4) is 11.5 Å². The summed E-state index contributed by atoms with van der Waals surface area (Å²) in [6, 6.07) is 9.40. The lowest BCUT2D eigenvalue weighted by Crippen LogP contribution is -2.03. The molecule has 0 saturated heterocycles. The Hall–Kier alpha value is -1.13. The molecule has 7 heteroatoms. The Bertz CT molecular complexity index is 690. The van der Waals surface area contributed by atoms with Gasteiger partial charge in [0, 0.05) is 18.6 Å². The molecule has 0 amide bonds. The maximum absolute atomic E-state index is 12.9. The Labute approximate surface area is 159 Å². The van der Waals surface area contributed by atoms with E-state index in [0.717, 1.165) is 5.56 Å². The Morgan fingerprint density at radius 3 is 2.21 bits per heavy atom. The zero-order chi connectivity index (χ0) is 17.5. The smallest absolute Gasteiger partial charge is 0.156 e. The predicted octanol–water partition coefficient (Wildman–Crippen LogP) is 6.45. The molecule has 0 radical (unpaired) electrons. The zero-order valence-corrected chi connectivity index (χ0v) is 15.4. The van der Waals surface area contributed by atoms with Crippen LogP contribution in [0.2, 0.25) is 10.0 Å². The lowest BCUT2D eigenvalue weighted by atomic mass is 10.2.